The molecule has 0 radical (unpaired) electrons. The average Bonchev–Trinajstić information content (AvgIpc) is 2.20. The maximum Gasteiger partial charge on any atom is 0.305 e. The molecule has 0 bridgehead atoms. The Labute approximate surface area is 90.4 Å². The fourth-order valence-electron chi connectivity index (χ4n) is 0.774. The van der Waals surface area contributed by atoms with E-state index in [1.807, 2.05) is 30.3 Å². The van der Waals surface area contributed by atoms with Crippen LogP contribution in [0.25, 0.3) is 0 Å². The second-order valence-electron chi connectivity index (χ2n) is 3.45. The minimum absolute atomic E-state index is 0.231. The molecule has 1 rings (SSSR count). The lowest BCUT2D eigenvalue weighted by Gasteiger charge is -1.93. The van der Waals surface area contributed by atoms with Crippen LogP contribution in [-0.2, 0) is 11.2 Å². The van der Waals surface area contributed by atoms with Crippen LogP contribution >= 0.6 is 0 Å². The summed E-state index contributed by atoms with van der Waals surface area (Å²) >= 11 is 0. The van der Waals surface area contributed by atoms with Gasteiger partial charge in [-0.25, -0.2) is 0 Å². The minimum atomic E-state index is -0.741. The highest BCUT2D eigenvalue weighted by atomic mass is 16.4. The predicted molar refractivity (Wildman–Crippen MR) is 59.7 cm³/mol. The monoisotopic (exact) mass is 210 g/mol. The molecule has 0 aliphatic heterocycles. The number of rotatable bonds is 3. The summed E-state index contributed by atoms with van der Waals surface area (Å²) in [6, 6.07) is 9.95. The highest BCUT2D eigenvalue weighted by Crippen LogP contribution is 1.97. The Kier molecular flexibility index (Phi) is 7.28. The van der Waals surface area contributed by atoms with Crippen LogP contribution in [0.4, 0.5) is 0 Å². The Morgan fingerprint density at radius 3 is 2.07 bits per heavy atom. The van der Waals surface area contributed by atoms with Crippen molar-refractivity contribution < 1.29 is 15.0 Å². The van der Waals surface area contributed by atoms with Gasteiger partial charge in [-0.1, -0.05) is 44.2 Å². The molecule has 1 aromatic carbocycles. The number of carbonyl (C=O) groups is 1. The van der Waals surface area contributed by atoms with Crippen LogP contribution in [0.3, 0.4) is 0 Å². The number of carboxylic acid groups (broad SMARTS) is 1. The first-order chi connectivity index (χ1) is 7.07. The summed E-state index contributed by atoms with van der Waals surface area (Å²) in [6.45, 7) is 3.52. The fraction of sp³-hybridized carbons (Fsp3) is 0.417. The van der Waals surface area contributed by atoms with E-state index in [0.717, 1.165) is 6.42 Å². The van der Waals surface area contributed by atoms with Gasteiger partial charge >= 0.3 is 5.97 Å². The van der Waals surface area contributed by atoms with Crippen molar-refractivity contribution in [3.63, 3.8) is 0 Å². The Balaban J connectivity index is 0.000000288. The van der Waals surface area contributed by atoms with Gasteiger partial charge in [0, 0.05) is 6.61 Å². The van der Waals surface area contributed by atoms with E-state index in [-0.39, 0.29) is 12.5 Å². The van der Waals surface area contributed by atoms with Gasteiger partial charge in [-0.2, -0.15) is 0 Å². The molecule has 2 N–H and O–H groups in total. The molecular formula is C12H18O3. The molecule has 3 heteroatoms. The Morgan fingerprint density at radius 2 is 1.73 bits per heavy atom. The molecule has 1 aromatic rings. The summed E-state index contributed by atoms with van der Waals surface area (Å²) in [6.07, 6.45) is 0.765. The summed E-state index contributed by atoms with van der Waals surface area (Å²) in [5.41, 5.74) is 1.19. The van der Waals surface area contributed by atoms with Crippen molar-refractivity contribution in [3.05, 3.63) is 35.9 Å². The third-order valence-electron chi connectivity index (χ3n) is 1.74. The molecule has 0 saturated heterocycles. The van der Waals surface area contributed by atoms with Gasteiger partial charge in [0.05, 0.1) is 5.92 Å². The Hall–Kier alpha value is -1.35. The molecule has 0 spiro atoms. The van der Waals surface area contributed by atoms with E-state index in [1.165, 1.54) is 5.56 Å². The van der Waals surface area contributed by atoms with Gasteiger partial charge in [-0.05, 0) is 12.0 Å². The third-order valence-corrected chi connectivity index (χ3v) is 1.74. The molecule has 0 atom stereocenters. The van der Waals surface area contributed by atoms with Gasteiger partial charge in [0.15, 0.2) is 0 Å². The summed E-state index contributed by atoms with van der Waals surface area (Å²) < 4.78 is 0. The number of benzene rings is 1. The largest absolute Gasteiger partial charge is 0.481 e. The molecule has 84 valence electrons. The van der Waals surface area contributed by atoms with Crippen LogP contribution < -0.4 is 0 Å². The highest BCUT2D eigenvalue weighted by Gasteiger charge is 1.99. The van der Waals surface area contributed by atoms with Gasteiger partial charge in [0.1, 0.15) is 0 Å². The molecule has 3 nitrogen and oxygen atoms in total. The minimum Gasteiger partial charge on any atom is -0.481 e. The normalized spacial score (nSPS) is 9.33. The van der Waals surface area contributed by atoms with Crippen LogP contribution in [0.1, 0.15) is 19.4 Å². The highest BCUT2D eigenvalue weighted by molar-refractivity contribution is 5.68. The second-order valence-corrected chi connectivity index (χ2v) is 3.45. The quantitative estimate of drug-likeness (QED) is 0.801. The van der Waals surface area contributed by atoms with E-state index in [9.17, 15) is 4.79 Å². The van der Waals surface area contributed by atoms with Crippen molar-refractivity contribution >= 4 is 5.97 Å². The zero-order valence-corrected chi connectivity index (χ0v) is 9.18. The molecule has 0 aliphatic rings. The van der Waals surface area contributed by atoms with Gasteiger partial charge in [0.25, 0.3) is 0 Å². The number of aliphatic hydroxyl groups is 1. The zero-order valence-electron chi connectivity index (χ0n) is 9.18. The van der Waals surface area contributed by atoms with Gasteiger partial charge in [0.2, 0.25) is 0 Å². The summed E-state index contributed by atoms with van der Waals surface area (Å²) in [5, 5.41) is 16.5. The van der Waals surface area contributed by atoms with Crippen molar-refractivity contribution in [3.8, 4) is 0 Å². The van der Waals surface area contributed by atoms with Crippen LogP contribution in [-0.4, -0.2) is 22.8 Å². The number of aliphatic hydroxyl groups excluding tert-OH is 1. The molecule has 0 fully saturated rings. The molecule has 0 heterocycles. The Bertz CT molecular complexity index is 267. The lowest BCUT2D eigenvalue weighted by Crippen LogP contribution is -2.03. The third kappa shape index (κ3) is 7.70. The molecule has 0 unspecified atom stereocenters. The first-order valence-electron chi connectivity index (χ1n) is 4.95. The zero-order chi connectivity index (χ0) is 11.7. The number of carboxylic acids is 1. The van der Waals surface area contributed by atoms with Crippen molar-refractivity contribution in [1.82, 2.24) is 0 Å². The summed E-state index contributed by atoms with van der Waals surface area (Å²) in [4.78, 5) is 9.70. The first-order valence-corrected chi connectivity index (χ1v) is 4.95. The number of hydrogen-bond donors (Lipinski definition) is 2. The van der Waals surface area contributed by atoms with E-state index in [2.05, 4.69) is 0 Å². The van der Waals surface area contributed by atoms with Crippen molar-refractivity contribution in [2.45, 2.75) is 20.3 Å². The fourth-order valence-corrected chi connectivity index (χ4v) is 0.774. The summed E-state index contributed by atoms with van der Waals surface area (Å²) in [7, 11) is 0. The predicted octanol–water partition coefficient (Wildman–Crippen LogP) is 1.95. The van der Waals surface area contributed by atoms with Crippen LogP contribution in [0, 0.1) is 5.92 Å². The van der Waals surface area contributed by atoms with E-state index in [0.29, 0.717) is 0 Å². The SMILES string of the molecule is CC(C)C(=O)O.OCCc1ccccc1. The average molecular weight is 210 g/mol. The molecular weight excluding hydrogens is 192 g/mol. The molecule has 0 amide bonds. The smallest absolute Gasteiger partial charge is 0.305 e. The maximum absolute atomic E-state index is 9.70. The van der Waals surface area contributed by atoms with Crippen LogP contribution in [0.5, 0.6) is 0 Å². The number of aliphatic carboxylic acids is 1. The molecule has 15 heavy (non-hydrogen) atoms. The summed E-state index contributed by atoms with van der Waals surface area (Å²) in [5.74, 6) is -0.972. The van der Waals surface area contributed by atoms with Gasteiger partial charge < -0.3 is 10.2 Å². The van der Waals surface area contributed by atoms with Crippen LogP contribution in [0.15, 0.2) is 30.3 Å². The Morgan fingerprint density at radius 1 is 1.27 bits per heavy atom. The van der Waals surface area contributed by atoms with E-state index < -0.39 is 5.97 Å². The second kappa shape index (κ2) is 8.00. The molecule has 0 saturated carbocycles. The molecule has 0 aromatic heterocycles. The standard InChI is InChI=1S/C8H10O.C4H8O2/c9-7-6-8-4-2-1-3-5-8;1-3(2)4(5)6/h1-5,9H,6-7H2;3H,1-2H3,(H,5,6). The van der Waals surface area contributed by atoms with E-state index in [4.69, 9.17) is 10.2 Å². The lowest BCUT2D eigenvalue weighted by atomic mass is 10.2. The van der Waals surface area contributed by atoms with Crippen molar-refractivity contribution in [2.75, 3.05) is 6.61 Å². The maximum atomic E-state index is 9.70. The van der Waals surface area contributed by atoms with Gasteiger partial charge in [-0.3, -0.25) is 4.79 Å². The van der Waals surface area contributed by atoms with Crippen molar-refractivity contribution in [1.29, 1.82) is 0 Å². The number of hydrogen-bond acceptors (Lipinski definition) is 2. The topological polar surface area (TPSA) is 57.5 Å². The van der Waals surface area contributed by atoms with Gasteiger partial charge in [-0.15, -0.1) is 0 Å². The van der Waals surface area contributed by atoms with E-state index in [1.54, 1.807) is 13.8 Å². The lowest BCUT2D eigenvalue weighted by molar-refractivity contribution is -0.140. The van der Waals surface area contributed by atoms with Crippen LogP contribution in [0.2, 0.25) is 0 Å². The molecule has 0 aliphatic carbocycles. The van der Waals surface area contributed by atoms with Crippen molar-refractivity contribution in [2.24, 2.45) is 5.92 Å². The van der Waals surface area contributed by atoms with E-state index >= 15 is 0 Å². The first kappa shape index (κ1) is 13.7.